The van der Waals surface area contributed by atoms with Crippen molar-refractivity contribution >= 4 is 17.6 Å². The number of piperidine rings is 3. The van der Waals surface area contributed by atoms with Crippen LogP contribution in [-0.4, -0.2) is 103 Å². The molecule has 8 nitrogen and oxygen atoms in total. The number of hydrogen-bond acceptors (Lipinski definition) is 6. The Kier molecular flexibility index (Phi) is 6.83. The fourth-order valence-corrected chi connectivity index (χ4v) is 6.26. The van der Waals surface area contributed by atoms with Crippen LogP contribution < -0.4 is 10.2 Å². The lowest BCUT2D eigenvalue weighted by Crippen LogP contribution is -2.60. The number of likely N-dealkylation sites (N-methyl/N-ethyl adjacent to an activating group) is 1. The van der Waals surface area contributed by atoms with Crippen molar-refractivity contribution in [3.05, 3.63) is 23.9 Å². The molecule has 0 radical (unpaired) electrons. The van der Waals surface area contributed by atoms with E-state index in [0.717, 1.165) is 84.0 Å². The van der Waals surface area contributed by atoms with Crippen LogP contribution >= 0.6 is 0 Å². The summed E-state index contributed by atoms with van der Waals surface area (Å²) >= 11 is 0. The van der Waals surface area contributed by atoms with Crippen LogP contribution in [-0.2, 0) is 4.79 Å². The number of aromatic nitrogens is 1. The quantitative estimate of drug-likeness (QED) is 0.698. The van der Waals surface area contributed by atoms with Crippen LogP contribution in [0.4, 0.5) is 5.82 Å². The molecule has 0 aliphatic carbocycles. The van der Waals surface area contributed by atoms with Crippen LogP contribution in [0.5, 0.6) is 0 Å². The maximum Gasteiger partial charge on any atom is 0.252 e. The third kappa shape index (κ3) is 5.01. The van der Waals surface area contributed by atoms with Crippen molar-refractivity contribution in [1.82, 2.24) is 25.0 Å². The number of pyridine rings is 1. The van der Waals surface area contributed by atoms with Gasteiger partial charge in [-0.05, 0) is 49.8 Å². The first-order valence-electron chi connectivity index (χ1n) is 12.8. The standard InChI is InChI=1S/C25H38N6O2/c1-2-28-10-12-29(13-11-28)9-8-26-25(33)20-6-7-23(27-15-20)30-16-19-14-21(18-30)22-4-3-5-24(32)31(22)17-19/h6-7,15,19,21-22H,2-5,8-14,16-18H2,1H3,(H,26,33)/t19-,21-,22-/m1/s1. The van der Waals surface area contributed by atoms with Gasteiger partial charge in [-0.3, -0.25) is 14.5 Å². The molecule has 1 aromatic rings. The first-order chi connectivity index (χ1) is 16.1. The van der Waals surface area contributed by atoms with Crippen LogP contribution in [0.1, 0.15) is 43.0 Å². The van der Waals surface area contributed by atoms with Gasteiger partial charge >= 0.3 is 0 Å². The van der Waals surface area contributed by atoms with E-state index in [4.69, 9.17) is 0 Å². The summed E-state index contributed by atoms with van der Waals surface area (Å²) in [5.74, 6) is 2.31. The Balaban J connectivity index is 1.12. The molecule has 0 spiro atoms. The normalized spacial score (nSPS) is 28.5. The van der Waals surface area contributed by atoms with Gasteiger partial charge in [0.2, 0.25) is 5.91 Å². The summed E-state index contributed by atoms with van der Waals surface area (Å²) < 4.78 is 0. The first-order valence-corrected chi connectivity index (χ1v) is 12.8. The largest absolute Gasteiger partial charge is 0.356 e. The molecule has 5 rings (SSSR count). The number of piperazine rings is 1. The Morgan fingerprint density at radius 2 is 1.94 bits per heavy atom. The average molecular weight is 455 g/mol. The lowest BCUT2D eigenvalue weighted by atomic mass is 9.76. The molecule has 1 N–H and O–H groups in total. The fourth-order valence-electron chi connectivity index (χ4n) is 6.26. The first kappa shape index (κ1) is 22.6. The number of nitrogens with one attached hydrogen (secondary N) is 1. The predicted molar refractivity (Wildman–Crippen MR) is 128 cm³/mol. The molecule has 0 unspecified atom stereocenters. The maximum atomic E-state index is 12.6. The highest BCUT2D eigenvalue weighted by Gasteiger charge is 2.44. The molecule has 0 saturated carbocycles. The van der Waals surface area contributed by atoms with Gasteiger partial charge in [0.25, 0.3) is 5.91 Å². The zero-order valence-corrected chi connectivity index (χ0v) is 19.9. The minimum absolute atomic E-state index is 0.0480. The van der Waals surface area contributed by atoms with Crippen molar-refractivity contribution < 1.29 is 9.59 Å². The minimum atomic E-state index is -0.0480. The molecule has 2 amide bonds. The molecule has 4 fully saturated rings. The Hall–Kier alpha value is -2.19. The van der Waals surface area contributed by atoms with Gasteiger partial charge in [0.05, 0.1) is 5.56 Å². The maximum absolute atomic E-state index is 12.6. The van der Waals surface area contributed by atoms with Crippen LogP contribution in [0.2, 0.25) is 0 Å². The topological polar surface area (TPSA) is 72.0 Å². The molecule has 8 heteroatoms. The SMILES string of the molecule is CCN1CCN(CCNC(=O)c2ccc(N3C[C@H]4C[C@H](C3)[C@H]3CCCC(=O)N3C4)nc2)CC1. The lowest BCUT2D eigenvalue weighted by Gasteiger charge is -2.52. The molecule has 5 heterocycles. The molecular weight excluding hydrogens is 416 g/mol. The molecule has 2 bridgehead atoms. The summed E-state index contributed by atoms with van der Waals surface area (Å²) in [5, 5.41) is 3.05. The summed E-state index contributed by atoms with van der Waals surface area (Å²) in [6.07, 6.45) is 5.82. The average Bonchev–Trinajstić information content (AvgIpc) is 2.85. The van der Waals surface area contributed by atoms with Gasteiger partial charge in [0.15, 0.2) is 0 Å². The van der Waals surface area contributed by atoms with E-state index in [-0.39, 0.29) is 5.91 Å². The second kappa shape index (κ2) is 9.97. The summed E-state index contributed by atoms with van der Waals surface area (Å²) in [5.41, 5.74) is 0.621. The lowest BCUT2D eigenvalue weighted by molar-refractivity contribution is -0.142. The van der Waals surface area contributed by atoms with Gasteiger partial charge in [-0.2, -0.15) is 0 Å². The second-order valence-corrected chi connectivity index (χ2v) is 10.2. The molecule has 33 heavy (non-hydrogen) atoms. The van der Waals surface area contributed by atoms with Crippen LogP contribution in [0.3, 0.4) is 0 Å². The zero-order valence-electron chi connectivity index (χ0n) is 19.9. The van der Waals surface area contributed by atoms with E-state index in [9.17, 15) is 9.59 Å². The number of fused-ring (bicyclic) bond motifs is 4. The monoisotopic (exact) mass is 454 g/mol. The van der Waals surface area contributed by atoms with Crippen molar-refractivity contribution in [2.75, 3.05) is 70.3 Å². The Morgan fingerprint density at radius 3 is 2.70 bits per heavy atom. The molecule has 1 aromatic heterocycles. The van der Waals surface area contributed by atoms with E-state index in [1.807, 2.05) is 12.1 Å². The number of anilines is 1. The van der Waals surface area contributed by atoms with Crippen molar-refractivity contribution in [2.24, 2.45) is 11.8 Å². The van der Waals surface area contributed by atoms with Gasteiger partial charge in [0, 0.05) is 77.6 Å². The Morgan fingerprint density at radius 1 is 1.12 bits per heavy atom. The highest BCUT2D eigenvalue weighted by Crippen LogP contribution is 2.38. The summed E-state index contributed by atoms with van der Waals surface area (Å²) in [6.45, 7) is 12.0. The summed E-state index contributed by atoms with van der Waals surface area (Å²) in [7, 11) is 0. The van der Waals surface area contributed by atoms with Gasteiger partial charge in [-0.15, -0.1) is 0 Å². The third-order valence-electron chi connectivity index (χ3n) is 8.14. The number of nitrogens with zero attached hydrogens (tertiary/aromatic N) is 5. The van der Waals surface area contributed by atoms with E-state index >= 15 is 0 Å². The van der Waals surface area contributed by atoms with E-state index in [2.05, 4.69) is 36.8 Å². The Bertz CT molecular complexity index is 838. The third-order valence-corrected chi connectivity index (χ3v) is 8.14. The summed E-state index contributed by atoms with van der Waals surface area (Å²) in [6, 6.07) is 4.29. The molecule has 4 saturated heterocycles. The molecule has 4 aliphatic rings. The van der Waals surface area contributed by atoms with E-state index < -0.39 is 0 Å². The number of hydrogen-bond donors (Lipinski definition) is 1. The van der Waals surface area contributed by atoms with Crippen LogP contribution in [0.25, 0.3) is 0 Å². The van der Waals surface area contributed by atoms with E-state index in [1.165, 1.54) is 6.42 Å². The highest BCUT2D eigenvalue weighted by molar-refractivity contribution is 5.94. The molecule has 180 valence electrons. The van der Waals surface area contributed by atoms with Crippen molar-refractivity contribution in [3.8, 4) is 0 Å². The van der Waals surface area contributed by atoms with Crippen molar-refractivity contribution in [1.29, 1.82) is 0 Å². The van der Waals surface area contributed by atoms with Gasteiger partial charge in [0.1, 0.15) is 5.82 Å². The van der Waals surface area contributed by atoms with Gasteiger partial charge in [-0.1, -0.05) is 6.92 Å². The predicted octanol–water partition coefficient (Wildman–Crippen LogP) is 1.29. The van der Waals surface area contributed by atoms with Crippen molar-refractivity contribution in [3.63, 3.8) is 0 Å². The van der Waals surface area contributed by atoms with Crippen LogP contribution in [0, 0.1) is 11.8 Å². The van der Waals surface area contributed by atoms with Gasteiger partial charge < -0.3 is 20.0 Å². The number of carbonyl (C=O) groups excluding carboxylic acids is 2. The fraction of sp³-hybridized carbons (Fsp3) is 0.720. The highest BCUT2D eigenvalue weighted by atomic mass is 16.2. The number of rotatable bonds is 6. The zero-order chi connectivity index (χ0) is 22.8. The minimum Gasteiger partial charge on any atom is -0.356 e. The molecule has 4 aliphatic heterocycles. The number of amides is 2. The Labute approximate surface area is 197 Å². The number of carbonyl (C=O) groups is 2. The molecular formula is C25H38N6O2. The molecule has 3 atom stereocenters. The van der Waals surface area contributed by atoms with E-state index in [1.54, 1.807) is 6.20 Å². The summed E-state index contributed by atoms with van der Waals surface area (Å²) in [4.78, 5) is 39.0. The van der Waals surface area contributed by atoms with Crippen molar-refractivity contribution in [2.45, 2.75) is 38.6 Å². The van der Waals surface area contributed by atoms with Gasteiger partial charge in [-0.25, -0.2) is 4.98 Å². The van der Waals surface area contributed by atoms with E-state index in [0.29, 0.717) is 35.9 Å². The van der Waals surface area contributed by atoms with Crippen LogP contribution in [0.15, 0.2) is 18.3 Å². The second-order valence-electron chi connectivity index (χ2n) is 10.2. The molecule has 0 aromatic carbocycles. The smallest absolute Gasteiger partial charge is 0.252 e.